The minimum Gasteiger partial charge on any atom is -0.352 e. The minimum absolute atomic E-state index is 0.0613. The van der Waals surface area contributed by atoms with Crippen LogP contribution in [0.15, 0.2) is 71.6 Å². The van der Waals surface area contributed by atoms with Crippen LogP contribution in [0.1, 0.15) is 15.9 Å². The fraction of sp³-hybridized carbons (Fsp3) is 0.0952. The number of amides is 1. The number of carbonyl (C=O) groups excluding carboxylic acids is 1. The third kappa shape index (κ3) is 5.44. The molecule has 2 heterocycles. The molecule has 0 saturated heterocycles. The maximum absolute atomic E-state index is 13.1. The zero-order valence-corrected chi connectivity index (χ0v) is 20.7. The van der Waals surface area contributed by atoms with Gasteiger partial charge in [0.05, 0.1) is 29.1 Å². The molecular formula is C21H17Cl3N4O3S2. The fourth-order valence-corrected chi connectivity index (χ4v) is 5.84. The third-order valence-electron chi connectivity index (χ3n) is 4.76. The van der Waals surface area contributed by atoms with Crippen molar-refractivity contribution in [2.24, 2.45) is 0 Å². The van der Waals surface area contributed by atoms with E-state index in [1.807, 2.05) is 0 Å². The zero-order chi connectivity index (χ0) is 23.6. The normalized spacial score (nSPS) is 14.8. The average Bonchev–Trinajstić information content (AvgIpc) is 3.24. The van der Waals surface area contributed by atoms with Crippen LogP contribution in [0.4, 0.5) is 5.69 Å². The van der Waals surface area contributed by atoms with Crippen LogP contribution in [0.3, 0.4) is 0 Å². The van der Waals surface area contributed by atoms with Gasteiger partial charge in [0.1, 0.15) is 4.91 Å². The molecule has 7 nitrogen and oxygen atoms in total. The van der Waals surface area contributed by atoms with Crippen LogP contribution in [0, 0.1) is 0 Å². The van der Waals surface area contributed by atoms with E-state index in [2.05, 4.69) is 14.8 Å². The first-order chi connectivity index (χ1) is 15.7. The largest absolute Gasteiger partial charge is 0.352 e. The Balaban J connectivity index is 1.51. The number of benzene rings is 2. The summed E-state index contributed by atoms with van der Waals surface area (Å²) < 4.78 is 33.3. The Hall–Kier alpha value is -2.30. The summed E-state index contributed by atoms with van der Waals surface area (Å²) in [5.74, 6) is -0.453. The second-order valence-electron chi connectivity index (χ2n) is 6.97. The molecule has 0 spiro atoms. The van der Waals surface area contributed by atoms with Gasteiger partial charge in [0, 0.05) is 34.0 Å². The molecular weight excluding hydrogens is 527 g/mol. The number of carbonyl (C=O) groups is 1. The Bertz CT molecular complexity index is 1310. The molecule has 2 aliphatic heterocycles. The minimum atomic E-state index is -4.01. The van der Waals surface area contributed by atoms with Gasteiger partial charge in [0.15, 0.2) is 0 Å². The second kappa shape index (κ2) is 9.90. The standard InChI is InChI=1S/C21H17Cl3N4O3S2/c22-14-4-3-13(17(24)10-14)7-8-25-21(29)16-6-5-15(23)11-18(16)27-33(30,31)20-2-1-9-28-19(20)12-26-32-28/h1-6,9-12,26-27H,7-8H2,(H,25,29). The molecule has 0 atom stereocenters. The third-order valence-corrected chi connectivity index (χ3v) is 7.73. The van der Waals surface area contributed by atoms with Gasteiger partial charge in [-0.1, -0.05) is 40.9 Å². The molecule has 0 radical (unpaired) electrons. The lowest BCUT2D eigenvalue weighted by Crippen LogP contribution is -2.28. The molecule has 3 N–H and O–H groups in total. The molecule has 33 heavy (non-hydrogen) atoms. The summed E-state index contributed by atoms with van der Waals surface area (Å²) >= 11 is 19.4. The molecule has 0 saturated carbocycles. The fourth-order valence-electron chi connectivity index (χ4n) is 3.19. The van der Waals surface area contributed by atoms with Crippen molar-refractivity contribution in [1.82, 2.24) is 14.3 Å². The molecule has 4 rings (SSSR count). The second-order valence-corrected chi connectivity index (χ2v) is 10.7. The monoisotopic (exact) mass is 542 g/mol. The van der Waals surface area contributed by atoms with Crippen LogP contribution in [-0.2, 0) is 16.4 Å². The van der Waals surface area contributed by atoms with Crippen LogP contribution in [0.5, 0.6) is 0 Å². The van der Waals surface area contributed by atoms with Gasteiger partial charge in [0.25, 0.3) is 15.9 Å². The number of sulfonamides is 1. The highest BCUT2D eigenvalue weighted by molar-refractivity contribution is 7.97. The highest BCUT2D eigenvalue weighted by atomic mass is 35.5. The molecule has 0 aliphatic carbocycles. The molecule has 0 bridgehead atoms. The number of nitrogens with one attached hydrogen (secondary N) is 3. The number of anilines is 1. The van der Waals surface area contributed by atoms with Crippen LogP contribution in [0.2, 0.25) is 15.1 Å². The van der Waals surface area contributed by atoms with Gasteiger partial charge in [-0.3, -0.25) is 13.8 Å². The smallest absolute Gasteiger partial charge is 0.264 e. The number of hydrogen-bond donors (Lipinski definition) is 3. The molecule has 2 aromatic rings. The highest BCUT2D eigenvalue weighted by Gasteiger charge is 2.30. The molecule has 0 aromatic heterocycles. The first kappa shape index (κ1) is 23.8. The van der Waals surface area contributed by atoms with E-state index in [1.54, 1.807) is 41.0 Å². The van der Waals surface area contributed by atoms with Crippen LogP contribution in [0.25, 0.3) is 0 Å². The predicted octanol–water partition coefficient (Wildman–Crippen LogP) is 5.08. The van der Waals surface area contributed by atoms with Gasteiger partial charge in [0.2, 0.25) is 0 Å². The number of allylic oxidation sites excluding steroid dienone is 2. The number of rotatable bonds is 7. The summed E-state index contributed by atoms with van der Waals surface area (Å²) in [6.45, 7) is 0.287. The lowest BCUT2D eigenvalue weighted by Gasteiger charge is -2.21. The maximum atomic E-state index is 13.1. The van der Waals surface area contributed by atoms with E-state index in [4.69, 9.17) is 34.8 Å². The van der Waals surface area contributed by atoms with Crippen LogP contribution >= 0.6 is 46.9 Å². The molecule has 0 unspecified atom stereocenters. The number of nitrogens with zero attached hydrogens (tertiary/aromatic N) is 1. The van der Waals surface area contributed by atoms with E-state index in [-0.39, 0.29) is 27.7 Å². The van der Waals surface area contributed by atoms with Gasteiger partial charge < -0.3 is 10.0 Å². The van der Waals surface area contributed by atoms with E-state index in [0.29, 0.717) is 22.2 Å². The lowest BCUT2D eigenvalue weighted by molar-refractivity contribution is 0.0955. The molecule has 1 amide bonds. The van der Waals surface area contributed by atoms with Crippen molar-refractivity contribution in [2.75, 3.05) is 11.3 Å². The Morgan fingerprint density at radius 3 is 2.64 bits per heavy atom. The van der Waals surface area contributed by atoms with Crippen LogP contribution < -0.4 is 14.8 Å². The summed E-state index contributed by atoms with van der Waals surface area (Å²) in [7, 11) is -4.01. The van der Waals surface area contributed by atoms with E-state index < -0.39 is 15.9 Å². The average molecular weight is 544 g/mol. The molecule has 2 aliphatic rings. The van der Waals surface area contributed by atoms with E-state index >= 15 is 0 Å². The quantitative estimate of drug-likeness (QED) is 0.422. The Kier molecular flexibility index (Phi) is 7.16. The van der Waals surface area contributed by atoms with Gasteiger partial charge in [-0.05, 0) is 54.5 Å². The van der Waals surface area contributed by atoms with Gasteiger partial charge in [-0.2, -0.15) is 0 Å². The SMILES string of the molecule is O=C(NCCc1ccc(Cl)cc1Cl)c1ccc(Cl)cc1NS(=O)(=O)C1=CC=CN2SNC=C12. The Morgan fingerprint density at radius 1 is 1.09 bits per heavy atom. The molecule has 0 fully saturated rings. The van der Waals surface area contributed by atoms with E-state index in [9.17, 15) is 13.2 Å². The van der Waals surface area contributed by atoms with Crippen molar-refractivity contribution in [2.45, 2.75) is 6.42 Å². The first-order valence-corrected chi connectivity index (χ1v) is 13.0. The van der Waals surface area contributed by atoms with Crippen molar-refractivity contribution < 1.29 is 13.2 Å². The Morgan fingerprint density at radius 2 is 1.85 bits per heavy atom. The van der Waals surface area contributed by atoms with Crippen molar-refractivity contribution >= 4 is 68.6 Å². The first-order valence-electron chi connectivity index (χ1n) is 9.60. The number of hydrogen-bond acceptors (Lipinski definition) is 6. The summed E-state index contributed by atoms with van der Waals surface area (Å²) in [6, 6.07) is 9.54. The zero-order valence-electron chi connectivity index (χ0n) is 16.8. The molecule has 172 valence electrons. The lowest BCUT2D eigenvalue weighted by atomic mass is 10.1. The van der Waals surface area contributed by atoms with Gasteiger partial charge in [-0.25, -0.2) is 8.42 Å². The Labute approximate surface area is 210 Å². The summed E-state index contributed by atoms with van der Waals surface area (Å²) in [6.07, 6.45) is 6.91. The highest BCUT2D eigenvalue weighted by Crippen LogP contribution is 2.34. The summed E-state index contributed by atoms with van der Waals surface area (Å²) in [5.41, 5.74) is 1.52. The van der Waals surface area contributed by atoms with Crippen LogP contribution in [-0.4, -0.2) is 25.2 Å². The van der Waals surface area contributed by atoms with E-state index in [1.165, 1.54) is 36.4 Å². The predicted molar refractivity (Wildman–Crippen MR) is 134 cm³/mol. The van der Waals surface area contributed by atoms with Crippen molar-refractivity contribution in [3.05, 3.63) is 97.7 Å². The maximum Gasteiger partial charge on any atom is 0.264 e. The van der Waals surface area contributed by atoms with E-state index in [0.717, 1.165) is 5.56 Å². The number of fused-ring (bicyclic) bond motifs is 1. The van der Waals surface area contributed by atoms with Gasteiger partial charge >= 0.3 is 0 Å². The van der Waals surface area contributed by atoms with Crippen molar-refractivity contribution in [3.63, 3.8) is 0 Å². The van der Waals surface area contributed by atoms with Gasteiger partial charge in [-0.15, -0.1) is 0 Å². The molecule has 12 heteroatoms. The topological polar surface area (TPSA) is 90.5 Å². The van der Waals surface area contributed by atoms with Crippen molar-refractivity contribution in [3.8, 4) is 0 Å². The number of halogens is 3. The summed E-state index contributed by atoms with van der Waals surface area (Å²) in [5, 5.41) is 4.11. The van der Waals surface area contributed by atoms with Crippen molar-refractivity contribution in [1.29, 1.82) is 0 Å². The summed E-state index contributed by atoms with van der Waals surface area (Å²) in [4.78, 5) is 12.9. The molecule has 2 aromatic carbocycles.